The summed E-state index contributed by atoms with van der Waals surface area (Å²) in [6.45, 7) is 6.47. The van der Waals surface area contributed by atoms with Crippen LogP contribution in [0, 0.1) is 0 Å². The van der Waals surface area contributed by atoms with Gasteiger partial charge in [-0.1, -0.05) is 13.3 Å². The van der Waals surface area contributed by atoms with Crippen molar-refractivity contribution in [2.75, 3.05) is 39.9 Å². The number of ether oxygens (including phenoxy) is 1. The van der Waals surface area contributed by atoms with Gasteiger partial charge in [0.1, 0.15) is 0 Å². The second kappa shape index (κ2) is 8.01. The fourth-order valence-electron chi connectivity index (χ4n) is 2.36. The molecule has 1 fully saturated rings. The first kappa shape index (κ1) is 13.9. The number of likely N-dealkylation sites (tertiary alicyclic amines) is 1. The SMILES string of the molecule is CCNCC1CCCCN1CC(O)COC. The van der Waals surface area contributed by atoms with Crippen LogP contribution in [0.1, 0.15) is 26.2 Å². The number of β-amino-alcohol motifs (C(OH)–C–C–N with tert-alkyl or cyclic N) is 1. The highest BCUT2D eigenvalue weighted by Crippen LogP contribution is 2.16. The van der Waals surface area contributed by atoms with E-state index in [0.29, 0.717) is 12.6 Å². The standard InChI is InChI=1S/C12H26N2O2/c1-3-13-8-11-6-4-5-7-14(11)9-12(15)10-16-2/h11-13,15H,3-10H2,1-2H3. The Bertz CT molecular complexity index is 178. The van der Waals surface area contributed by atoms with Crippen LogP contribution in [0.25, 0.3) is 0 Å². The lowest BCUT2D eigenvalue weighted by atomic mass is 10.0. The van der Waals surface area contributed by atoms with Gasteiger partial charge in [0.05, 0.1) is 12.7 Å². The van der Waals surface area contributed by atoms with Crippen molar-refractivity contribution in [3.8, 4) is 0 Å². The highest BCUT2D eigenvalue weighted by Gasteiger charge is 2.23. The number of nitrogens with zero attached hydrogens (tertiary/aromatic N) is 1. The van der Waals surface area contributed by atoms with Crippen LogP contribution in [-0.2, 0) is 4.74 Å². The first-order chi connectivity index (χ1) is 7.77. The van der Waals surface area contributed by atoms with Gasteiger partial charge < -0.3 is 15.2 Å². The van der Waals surface area contributed by atoms with Crippen molar-refractivity contribution in [2.24, 2.45) is 0 Å². The van der Waals surface area contributed by atoms with Crippen LogP contribution in [0.3, 0.4) is 0 Å². The number of aliphatic hydroxyl groups is 1. The molecule has 0 aromatic carbocycles. The zero-order valence-electron chi connectivity index (χ0n) is 10.6. The third kappa shape index (κ3) is 4.78. The molecule has 1 aliphatic rings. The molecule has 96 valence electrons. The average molecular weight is 230 g/mol. The Morgan fingerprint density at radius 2 is 2.31 bits per heavy atom. The number of hydrogen-bond acceptors (Lipinski definition) is 4. The van der Waals surface area contributed by atoms with Gasteiger partial charge in [-0.05, 0) is 25.9 Å². The lowest BCUT2D eigenvalue weighted by Crippen LogP contribution is -2.48. The minimum absolute atomic E-state index is 0.354. The molecule has 0 radical (unpaired) electrons. The van der Waals surface area contributed by atoms with Crippen molar-refractivity contribution in [1.82, 2.24) is 10.2 Å². The fraction of sp³-hybridized carbons (Fsp3) is 1.00. The molecule has 4 heteroatoms. The van der Waals surface area contributed by atoms with Gasteiger partial charge in [-0.15, -0.1) is 0 Å². The lowest BCUT2D eigenvalue weighted by Gasteiger charge is -2.37. The maximum Gasteiger partial charge on any atom is 0.0900 e. The Morgan fingerprint density at radius 3 is 3.00 bits per heavy atom. The van der Waals surface area contributed by atoms with Gasteiger partial charge in [0.15, 0.2) is 0 Å². The van der Waals surface area contributed by atoms with Crippen LogP contribution in [-0.4, -0.2) is 62.0 Å². The molecule has 16 heavy (non-hydrogen) atoms. The van der Waals surface area contributed by atoms with Gasteiger partial charge in [0.2, 0.25) is 0 Å². The van der Waals surface area contributed by atoms with E-state index in [1.54, 1.807) is 7.11 Å². The summed E-state index contributed by atoms with van der Waals surface area (Å²) in [7, 11) is 1.63. The molecule has 0 aromatic rings. The van der Waals surface area contributed by atoms with Gasteiger partial charge in [0, 0.05) is 26.2 Å². The summed E-state index contributed by atoms with van der Waals surface area (Å²) in [6.07, 6.45) is 3.45. The minimum atomic E-state index is -0.354. The number of nitrogens with one attached hydrogen (secondary N) is 1. The molecule has 0 bridgehead atoms. The normalized spacial score (nSPS) is 24.6. The third-order valence-electron chi connectivity index (χ3n) is 3.18. The van der Waals surface area contributed by atoms with E-state index in [1.165, 1.54) is 19.3 Å². The number of aliphatic hydroxyl groups excluding tert-OH is 1. The molecule has 2 unspecified atom stereocenters. The summed E-state index contributed by atoms with van der Waals surface area (Å²) in [6, 6.07) is 0.584. The number of hydrogen-bond donors (Lipinski definition) is 2. The third-order valence-corrected chi connectivity index (χ3v) is 3.18. The number of rotatable bonds is 7. The van der Waals surface area contributed by atoms with Crippen molar-refractivity contribution in [1.29, 1.82) is 0 Å². The van der Waals surface area contributed by atoms with E-state index in [0.717, 1.165) is 26.2 Å². The van der Waals surface area contributed by atoms with Crippen molar-refractivity contribution in [3.63, 3.8) is 0 Å². The van der Waals surface area contributed by atoms with Crippen LogP contribution < -0.4 is 5.32 Å². The van der Waals surface area contributed by atoms with Gasteiger partial charge in [-0.3, -0.25) is 4.90 Å². The van der Waals surface area contributed by atoms with E-state index in [2.05, 4.69) is 17.1 Å². The number of methoxy groups -OCH3 is 1. The zero-order valence-corrected chi connectivity index (χ0v) is 10.6. The van der Waals surface area contributed by atoms with Crippen molar-refractivity contribution < 1.29 is 9.84 Å². The molecular weight excluding hydrogens is 204 g/mol. The first-order valence-corrected chi connectivity index (χ1v) is 6.39. The molecule has 1 aliphatic heterocycles. The maximum absolute atomic E-state index is 9.76. The monoisotopic (exact) mass is 230 g/mol. The van der Waals surface area contributed by atoms with E-state index in [4.69, 9.17) is 4.74 Å². The summed E-state index contributed by atoms with van der Waals surface area (Å²) in [5.74, 6) is 0. The average Bonchev–Trinajstić information content (AvgIpc) is 2.28. The smallest absolute Gasteiger partial charge is 0.0900 e. The van der Waals surface area contributed by atoms with Crippen molar-refractivity contribution in [2.45, 2.75) is 38.3 Å². The van der Waals surface area contributed by atoms with Gasteiger partial charge in [-0.25, -0.2) is 0 Å². The summed E-state index contributed by atoms with van der Waals surface area (Å²) < 4.78 is 4.97. The molecule has 0 saturated carbocycles. The van der Waals surface area contributed by atoms with Crippen LogP contribution in [0.4, 0.5) is 0 Å². The second-order valence-electron chi connectivity index (χ2n) is 4.56. The van der Waals surface area contributed by atoms with E-state index in [1.807, 2.05) is 0 Å². The Balaban J connectivity index is 2.33. The van der Waals surface area contributed by atoms with E-state index >= 15 is 0 Å². The van der Waals surface area contributed by atoms with E-state index < -0.39 is 0 Å². The number of likely N-dealkylation sites (N-methyl/N-ethyl adjacent to an activating group) is 1. The largest absolute Gasteiger partial charge is 0.389 e. The molecule has 4 nitrogen and oxygen atoms in total. The molecule has 0 aliphatic carbocycles. The predicted molar refractivity (Wildman–Crippen MR) is 65.6 cm³/mol. The first-order valence-electron chi connectivity index (χ1n) is 6.39. The van der Waals surface area contributed by atoms with Crippen molar-refractivity contribution in [3.05, 3.63) is 0 Å². The van der Waals surface area contributed by atoms with Gasteiger partial charge in [0.25, 0.3) is 0 Å². The molecule has 0 aromatic heterocycles. The minimum Gasteiger partial charge on any atom is -0.389 e. The van der Waals surface area contributed by atoms with Gasteiger partial charge in [-0.2, -0.15) is 0 Å². The summed E-state index contributed by atoms with van der Waals surface area (Å²) in [5.41, 5.74) is 0. The maximum atomic E-state index is 9.76. The molecule has 1 heterocycles. The zero-order chi connectivity index (χ0) is 11.8. The second-order valence-corrected chi connectivity index (χ2v) is 4.56. The Morgan fingerprint density at radius 1 is 1.50 bits per heavy atom. The fourth-order valence-corrected chi connectivity index (χ4v) is 2.36. The van der Waals surface area contributed by atoms with Crippen molar-refractivity contribution >= 4 is 0 Å². The Kier molecular flexibility index (Phi) is 6.96. The molecular formula is C12H26N2O2. The molecule has 1 rings (SSSR count). The molecule has 2 atom stereocenters. The lowest BCUT2D eigenvalue weighted by molar-refractivity contribution is 0.0182. The topological polar surface area (TPSA) is 44.7 Å². The molecule has 1 saturated heterocycles. The van der Waals surface area contributed by atoms with E-state index in [9.17, 15) is 5.11 Å². The van der Waals surface area contributed by atoms with Crippen LogP contribution in [0.15, 0.2) is 0 Å². The van der Waals surface area contributed by atoms with E-state index in [-0.39, 0.29) is 6.10 Å². The summed E-state index contributed by atoms with van der Waals surface area (Å²) >= 11 is 0. The summed E-state index contributed by atoms with van der Waals surface area (Å²) in [4.78, 5) is 2.40. The molecule has 0 amide bonds. The van der Waals surface area contributed by atoms with Gasteiger partial charge >= 0.3 is 0 Å². The van der Waals surface area contributed by atoms with Crippen LogP contribution in [0.2, 0.25) is 0 Å². The summed E-state index contributed by atoms with van der Waals surface area (Å²) in [5, 5.41) is 13.2. The Hall–Kier alpha value is -0.160. The van der Waals surface area contributed by atoms with Crippen LogP contribution >= 0.6 is 0 Å². The molecule has 2 N–H and O–H groups in total. The van der Waals surface area contributed by atoms with Crippen LogP contribution in [0.5, 0.6) is 0 Å². The molecule has 0 spiro atoms. The number of piperidine rings is 1. The quantitative estimate of drug-likeness (QED) is 0.667. The highest BCUT2D eigenvalue weighted by molar-refractivity contribution is 4.80. The highest BCUT2D eigenvalue weighted by atomic mass is 16.5. The predicted octanol–water partition coefficient (Wildman–Crippen LogP) is 0.458. The Labute approximate surface area is 99.0 Å².